The molecule has 0 saturated heterocycles. The predicted octanol–water partition coefficient (Wildman–Crippen LogP) is 4.07. The fourth-order valence-corrected chi connectivity index (χ4v) is 4.38. The third-order valence-corrected chi connectivity index (χ3v) is 6.17. The van der Waals surface area contributed by atoms with Crippen molar-refractivity contribution in [2.24, 2.45) is 0 Å². The Balaban J connectivity index is 1.77. The predicted molar refractivity (Wildman–Crippen MR) is 92.6 cm³/mol. The van der Waals surface area contributed by atoms with Gasteiger partial charge in [-0.3, -0.25) is 0 Å². The highest BCUT2D eigenvalue weighted by Crippen LogP contribution is 2.28. The fourth-order valence-electron chi connectivity index (χ4n) is 1.95. The summed E-state index contributed by atoms with van der Waals surface area (Å²) in [6, 6.07) is 14.4. The summed E-state index contributed by atoms with van der Waals surface area (Å²) in [6.45, 7) is 0. The lowest BCUT2D eigenvalue weighted by molar-refractivity contribution is 0.256. The molecule has 0 aliphatic carbocycles. The minimum atomic E-state index is -3.92. The van der Waals surface area contributed by atoms with E-state index in [1.165, 1.54) is 6.07 Å². The van der Waals surface area contributed by atoms with Crippen LogP contribution in [0.4, 0.5) is 10.5 Å². The minimum Gasteiger partial charge on any atom is -0.307 e. The first kappa shape index (κ1) is 15.8. The van der Waals surface area contributed by atoms with Crippen LogP contribution in [0.1, 0.15) is 0 Å². The monoisotopic (exact) mass is 366 g/mol. The highest BCUT2D eigenvalue weighted by molar-refractivity contribution is 7.92. The quantitative estimate of drug-likeness (QED) is 0.733. The molecule has 0 aliphatic heterocycles. The zero-order valence-electron chi connectivity index (χ0n) is 11.6. The Bertz CT molecular complexity index is 933. The average molecular weight is 367 g/mol. The normalized spacial score (nSPS) is 11.3. The van der Waals surface area contributed by atoms with E-state index in [2.05, 4.69) is 5.32 Å². The maximum Gasteiger partial charge on any atom is 0.333 e. The van der Waals surface area contributed by atoms with Crippen molar-refractivity contribution in [1.29, 1.82) is 0 Å². The number of halogens is 1. The number of rotatable bonds is 3. The van der Waals surface area contributed by atoms with Crippen molar-refractivity contribution < 1.29 is 13.2 Å². The molecule has 0 bridgehead atoms. The third-order valence-electron chi connectivity index (χ3n) is 3.00. The van der Waals surface area contributed by atoms with Crippen molar-refractivity contribution in [3.8, 4) is 0 Å². The van der Waals surface area contributed by atoms with Crippen molar-refractivity contribution in [2.75, 3.05) is 5.32 Å². The number of carbonyl (C=O) groups is 1. The van der Waals surface area contributed by atoms with Crippen molar-refractivity contribution in [1.82, 2.24) is 4.72 Å². The van der Waals surface area contributed by atoms with Gasteiger partial charge in [-0.05, 0) is 41.8 Å². The fraction of sp³-hybridized carbons (Fsp3) is 0. The van der Waals surface area contributed by atoms with E-state index in [-0.39, 0.29) is 4.21 Å². The summed E-state index contributed by atoms with van der Waals surface area (Å²) in [5.41, 5.74) is 0.443. The summed E-state index contributed by atoms with van der Waals surface area (Å²) < 4.78 is 27.5. The van der Waals surface area contributed by atoms with E-state index in [1.54, 1.807) is 24.3 Å². The van der Waals surface area contributed by atoms with Gasteiger partial charge >= 0.3 is 6.03 Å². The number of hydrogen-bond acceptors (Lipinski definition) is 4. The van der Waals surface area contributed by atoms with Gasteiger partial charge in [-0.2, -0.15) is 0 Å². The molecule has 0 radical (unpaired) electrons. The number of urea groups is 1. The van der Waals surface area contributed by atoms with Crippen molar-refractivity contribution in [2.45, 2.75) is 4.21 Å². The molecule has 23 heavy (non-hydrogen) atoms. The molecule has 3 rings (SSSR count). The van der Waals surface area contributed by atoms with Crippen LogP contribution in [0, 0.1) is 0 Å². The Kier molecular flexibility index (Phi) is 4.25. The molecule has 3 aromatic rings. The van der Waals surface area contributed by atoms with Gasteiger partial charge in [0.05, 0.1) is 0 Å². The van der Waals surface area contributed by atoms with Crippen LogP contribution in [0.2, 0.25) is 5.02 Å². The zero-order valence-corrected chi connectivity index (χ0v) is 14.0. The number of fused-ring (bicyclic) bond motifs is 1. The van der Waals surface area contributed by atoms with Crippen LogP contribution in [-0.2, 0) is 10.0 Å². The van der Waals surface area contributed by atoms with E-state index in [0.29, 0.717) is 10.7 Å². The molecule has 2 amide bonds. The molecule has 0 saturated carbocycles. The highest BCUT2D eigenvalue weighted by Gasteiger charge is 2.20. The van der Waals surface area contributed by atoms with Crippen molar-refractivity contribution >= 4 is 54.8 Å². The zero-order chi connectivity index (χ0) is 16.4. The van der Waals surface area contributed by atoms with Crippen LogP contribution < -0.4 is 10.0 Å². The average Bonchev–Trinajstić information content (AvgIpc) is 2.94. The Morgan fingerprint density at radius 2 is 1.74 bits per heavy atom. The number of sulfonamides is 1. The molecule has 0 spiro atoms. The number of carbonyl (C=O) groups excluding carboxylic acids is 1. The van der Waals surface area contributed by atoms with Crippen molar-refractivity contribution in [3.63, 3.8) is 0 Å². The summed E-state index contributed by atoms with van der Waals surface area (Å²) in [5.74, 6) is 0. The van der Waals surface area contributed by atoms with Gasteiger partial charge in [0.25, 0.3) is 10.0 Å². The summed E-state index contributed by atoms with van der Waals surface area (Å²) in [6.07, 6.45) is 0. The number of anilines is 1. The lowest BCUT2D eigenvalue weighted by Crippen LogP contribution is -2.33. The first-order valence-corrected chi connectivity index (χ1v) is 9.20. The highest BCUT2D eigenvalue weighted by atomic mass is 35.5. The Labute approximate surface area is 142 Å². The molecule has 5 nitrogen and oxygen atoms in total. The van der Waals surface area contributed by atoms with Gasteiger partial charge in [0.1, 0.15) is 4.21 Å². The first-order chi connectivity index (χ1) is 10.9. The largest absolute Gasteiger partial charge is 0.333 e. The van der Waals surface area contributed by atoms with Crippen LogP contribution in [0.25, 0.3) is 10.1 Å². The van der Waals surface area contributed by atoms with Gasteiger partial charge in [-0.25, -0.2) is 17.9 Å². The number of nitrogens with one attached hydrogen (secondary N) is 2. The topological polar surface area (TPSA) is 75.3 Å². The van der Waals surface area contributed by atoms with Crippen molar-refractivity contribution in [3.05, 3.63) is 59.6 Å². The molecule has 8 heteroatoms. The third kappa shape index (κ3) is 3.64. The lowest BCUT2D eigenvalue weighted by atomic mass is 10.3. The minimum absolute atomic E-state index is 0.0879. The summed E-state index contributed by atoms with van der Waals surface area (Å²) >= 11 is 6.86. The molecular formula is C15H11ClN2O3S2. The second kappa shape index (κ2) is 6.19. The number of thiophene rings is 1. The van der Waals surface area contributed by atoms with Crippen LogP contribution in [0.15, 0.2) is 58.8 Å². The maximum atomic E-state index is 12.3. The Morgan fingerprint density at radius 1 is 1.04 bits per heavy atom. The molecule has 1 aromatic heterocycles. The van der Waals surface area contributed by atoms with Crippen LogP contribution in [0.5, 0.6) is 0 Å². The van der Waals surface area contributed by atoms with Crippen LogP contribution >= 0.6 is 22.9 Å². The summed E-state index contributed by atoms with van der Waals surface area (Å²) in [7, 11) is -3.92. The molecule has 2 aromatic carbocycles. The van der Waals surface area contributed by atoms with Gasteiger partial charge in [-0.15, -0.1) is 11.3 Å². The number of amides is 2. The van der Waals surface area contributed by atoms with Gasteiger partial charge in [0, 0.05) is 15.4 Å². The molecule has 0 fully saturated rings. The number of hydrogen-bond donors (Lipinski definition) is 2. The lowest BCUT2D eigenvalue weighted by Gasteiger charge is -2.07. The second-order valence-corrected chi connectivity index (χ2v) is 8.10. The van der Waals surface area contributed by atoms with Gasteiger partial charge < -0.3 is 5.32 Å². The standard InChI is InChI=1S/C15H11ClN2O3S2/c16-11-5-7-12(8-6-11)17-15(19)18-23(20,21)14-9-10-3-1-2-4-13(10)22-14/h1-9H,(H2,17,18,19). The van der Waals surface area contributed by atoms with E-state index in [1.807, 2.05) is 29.0 Å². The second-order valence-electron chi connectivity index (χ2n) is 4.67. The van der Waals surface area contributed by atoms with Gasteiger partial charge in [0.15, 0.2) is 0 Å². The first-order valence-electron chi connectivity index (χ1n) is 6.52. The molecular weight excluding hydrogens is 356 g/mol. The van der Waals surface area contributed by atoms with Crippen LogP contribution in [0.3, 0.4) is 0 Å². The van der Waals surface area contributed by atoms with Gasteiger partial charge in [-0.1, -0.05) is 29.8 Å². The summed E-state index contributed by atoms with van der Waals surface area (Å²) in [5, 5.41) is 3.78. The molecule has 0 aliphatic rings. The molecule has 2 N–H and O–H groups in total. The van der Waals surface area contributed by atoms with Crippen LogP contribution in [-0.4, -0.2) is 14.4 Å². The molecule has 0 unspecified atom stereocenters. The number of benzene rings is 2. The maximum absolute atomic E-state index is 12.3. The van der Waals surface area contributed by atoms with E-state index < -0.39 is 16.1 Å². The van der Waals surface area contributed by atoms with E-state index in [4.69, 9.17) is 11.6 Å². The molecule has 1 heterocycles. The molecule has 0 atom stereocenters. The SMILES string of the molecule is O=C(Nc1ccc(Cl)cc1)NS(=O)(=O)c1cc2ccccc2s1. The Morgan fingerprint density at radius 3 is 2.43 bits per heavy atom. The smallest absolute Gasteiger partial charge is 0.307 e. The van der Waals surface area contributed by atoms with E-state index in [9.17, 15) is 13.2 Å². The van der Waals surface area contributed by atoms with E-state index in [0.717, 1.165) is 21.4 Å². The van der Waals surface area contributed by atoms with E-state index >= 15 is 0 Å². The van der Waals surface area contributed by atoms with Gasteiger partial charge in [0.2, 0.25) is 0 Å². The summed E-state index contributed by atoms with van der Waals surface area (Å²) in [4.78, 5) is 11.9. The Hall–Kier alpha value is -2.09. The molecule has 118 valence electrons.